The molecule has 0 radical (unpaired) electrons. The number of fused-ring (bicyclic) bond motifs is 2. The molecule has 0 atom stereocenters. The first-order valence-electron chi connectivity index (χ1n) is 9.54. The number of rotatable bonds is 4. The molecule has 0 N–H and O–H groups in total. The van der Waals surface area contributed by atoms with Gasteiger partial charge in [0.05, 0.1) is 26.5 Å². The van der Waals surface area contributed by atoms with Crippen LogP contribution in [0.5, 0.6) is 11.5 Å². The average molecular weight is 369 g/mol. The molecule has 4 rings (SSSR count). The molecule has 144 valence electrons. The van der Waals surface area contributed by atoms with Crippen LogP contribution in [0, 0.1) is 6.92 Å². The molecule has 1 fully saturated rings. The molecule has 2 aliphatic heterocycles. The summed E-state index contributed by atoms with van der Waals surface area (Å²) in [6.45, 7) is 5.51. The number of hydrogen-bond donors (Lipinski definition) is 0. The van der Waals surface area contributed by atoms with Crippen molar-refractivity contribution in [3.8, 4) is 11.5 Å². The van der Waals surface area contributed by atoms with Crippen LogP contribution in [0.25, 0.3) is 0 Å². The maximum atomic E-state index is 6.30. The lowest BCUT2D eigenvalue weighted by atomic mass is 9.83. The van der Waals surface area contributed by atoms with E-state index in [1.165, 1.54) is 11.1 Å². The molecule has 3 heterocycles. The fourth-order valence-corrected chi connectivity index (χ4v) is 4.17. The quantitative estimate of drug-likeness (QED) is 0.826. The SMILES string of the molecule is COc1ccc(CN2CCC3(CC2)OCCc2cnc(C)nc23)c(OC)c1. The molecule has 0 unspecified atom stereocenters. The van der Waals surface area contributed by atoms with Crippen LogP contribution in [-0.4, -0.2) is 48.8 Å². The lowest BCUT2D eigenvalue weighted by Crippen LogP contribution is -2.47. The molecule has 1 aromatic heterocycles. The molecule has 1 saturated heterocycles. The summed E-state index contributed by atoms with van der Waals surface area (Å²) in [5, 5.41) is 0. The minimum atomic E-state index is -0.248. The van der Waals surface area contributed by atoms with Crippen LogP contribution in [0.3, 0.4) is 0 Å². The van der Waals surface area contributed by atoms with Gasteiger partial charge in [0.25, 0.3) is 0 Å². The van der Waals surface area contributed by atoms with Gasteiger partial charge in [-0.25, -0.2) is 9.97 Å². The van der Waals surface area contributed by atoms with Crippen molar-refractivity contribution < 1.29 is 14.2 Å². The number of aromatic nitrogens is 2. The average Bonchev–Trinajstić information content (AvgIpc) is 2.71. The van der Waals surface area contributed by atoms with E-state index in [4.69, 9.17) is 19.2 Å². The largest absolute Gasteiger partial charge is 0.497 e. The van der Waals surface area contributed by atoms with Gasteiger partial charge < -0.3 is 14.2 Å². The summed E-state index contributed by atoms with van der Waals surface area (Å²) < 4.78 is 17.2. The molecule has 2 aliphatic rings. The van der Waals surface area contributed by atoms with Crippen LogP contribution in [0.4, 0.5) is 0 Å². The molecule has 6 heteroatoms. The zero-order chi connectivity index (χ0) is 18.9. The molecule has 0 amide bonds. The normalized spacial score (nSPS) is 18.9. The topological polar surface area (TPSA) is 56.7 Å². The van der Waals surface area contributed by atoms with Crippen LogP contribution < -0.4 is 9.47 Å². The number of aryl methyl sites for hydroxylation is 1. The number of nitrogens with zero attached hydrogens (tertiary/aromatic N) is 3. The summed E-state index contributed by atoms with van der Waals surface area (Å²) in [5.41, 5.74) is 3.29. The predicted molar refractivity (Wildman–Crippen MR) is 102 cm³/mol. The Hall–Kier alpha value is -2.18. The number of piperidine rings is 1. The van der Waals surface area contributed by atoms with Crippen LogP contribution in [-0.2, 0) is 23.3 Å². The summed E-state index contributed by atoms with van der Waals surface area (Å²) in [6, 6.07) is 6.02. The molecule has 1 spiro atoms. The molecule has 2 aromatic rings. The molecular weight excluding hydrogens is 342 g/mol. The van der Waals surface area contributed by atoms with Crippen LogP contribution in [0.2, 0.25) is 0 Å². The second-order valence-corrected chi connectivity index (χ2v) is 7.34. The Morgan fingerprint density at radius 1 is 1.19 bits per heavy atom. The third kappa shape index (κ3) is 3.51. The Labute approximate surface area is 160 Å². The van der Waals surface area contributed by atoms with E-state index in [9.17, 15) is 0 Å². The summed E-state index contributed by atoms with van der Waals surface area (Å²) in [5.74, 6) is 2.51. The fraction of sp³-hybridized carbons (Fsp3) is 0.524. The monoisotopic (exact) mass is 369 g/mol. The highest BCUT2D eigenvalue weighted by molar-refractivity contribution is 5.40. The first-order valence-corrected chi connectivity index (χ1v) is 9.54. The van der Waals surface area contributed by atoms with Crippen molar-refractivity contribution in [2.45, 2.75) is 38.3 Å². The number of methoxy groups -OCH3 is 2. The van der Waals surface area contributed by atoms with Crippen molar-refractivity contribution in [2.75, 3.05) is 33.9 Å². The van der Waals surface area contributed by atoms with Crippen molar-refractivity contribution in [1.82, 2.24) is 14.9 Å². The van der Waals surface area contributed by atoms with E-state index in [0.29, 0.717) is 0 Å². The van der Waals surface area contributed by atoms with Crippen molar-refractivity contribution in [2.24, 2.45) is 0 Å². The predicted octanol–water partition coefficient (Wildman–Crippen LogP) is 2.87. The Kier molecular flexibility index (Phi) is 5.02. The zero-order valence-electron chi connectivity index (χ0n) is 16.3. The second kappa shape index (κ2) is 7.44. The molecule has 0 bridgehead atoms. The van der Waals surface area contributed by atoms with E-state index in [1.807, 2.05) is 25.3 Å². The fourth-order valence-electron chi connectivity index (χ4n) is 4.17. The van der Waals surface area contributed by atoms with E-state index in [1.54, 1.807) is 14.2 Å². The van der Waals surface area contributed by atoms with Crippen molar-refractivity contribution in [3.05, 3.63) is 47.0 Å². The Morgan fingerprint density at radius 3 is 2.74 bits per heavy atom. The Morgan fingerprint density at radius 2 is 2.00 bits per heavy atom. The summed E-state index contributed by atoms with van der Waals surface area (Å²) >= 11 is 0. The summed E-state index contributed by atoms with van der Waals surface area (Å²) in [4.78, 5) is 11.6. The minimum Gasteiger partial charge on any atom is -0.497 e. The van der Waals surface area contributed by atoms with Gasteiger partial charge in [-0.2, -0.15) is 0 Å². The smallest absolute Gasteiger partial charge is 0.127 e. The van der Waals surface area contributed by atoms with E-state index in [-0.39, 0.29) is 5.60 Å². The summed E-state index contributed by atoms with van der Waals surface area (Å²) in [7, 11) is 3.38. The molecule has 1 aromatic carbocycles. The molecular formula is C21H27N3O3. The van der Waals surface area contributed by atoms with Gasteiger partial charge in [-0.05, 0) is 37.8 Å². The van der Waals surface area contributed by atoms with Crippen LogP contribution >= 0.6 is 0 Å². The highest BCUT2D eigenvalue weighted by Crippen LogP contribution is 2.40. The first kappa shape index (κ1) is 18.2. The van der Waals surface area contributed by atoms with Gasteiger partial charge >= 0.3 is 0 Å². The Bertz CT molecular complexity index is 816. The van der Waals surface area contributed by atoms with Gasteiger partial charge in [-0.1, -0.05) is 6.07 Å². The number of hydrogen-bond acceptors (Lipinski definition) is 6. The van der Waals surface area contributed by atoms with Crippen molar-refractivity contribution in [3.63, 3.8) is 0 Å². The van der Waals surface area contributed by atoms with Gasteiger partial charge in [-0.3, -0.25) is 4.90 Å². The number of ether oxygens (including phenoxy) is 3. The molecule has 0 aliphatic carbocycles. The van der Waals surface area contributed by atoms with Crippen LogP contribution in [0.1, 0.15) is 35.5 Å². The van der Waals surface area contributed by atoms with E-state index >= 15 is 0 Å². The van der Waals surface area contributed by atoms with Crippen molar-refractivity contribution in [1.29, 1.82) is 0 Å². The number of likely N-dealkylation sites (tertiary alicyclic amines) is 1. The maximum Gasteiger partial charge on any atom is 0.127 e. The van der Waals surface area contributed by atoms with Gasteiger partial charge in [0, 0.05) is 37.5 Å². The highest BCUT2D eigenvalue weighted by atomic mass is 16.5. The molecule has 0 saturated carbocycles. The molecule has 6 nitrogen and oxygen atoms in total. The van der Waals surface area contributed by atoms with E-state index in [0.717, 1.165) is 68.5 Å². The second-order valence-electron chi connectivity index (χ2n) is 7.34. The van der Waals surface area contributed by atoms with E-state index < -0.39 is 0 Å². The van der Waals surface area contributed by atoms with Gasteiger partial charge in [-0.15, -0.1) is 0 Å². The highest BCUT2D eigenvalue weighted by Gasteiger charge is 2.42. The maximum absolute atomic E-state index is 6.30. The first-order chi connectivity index (χ1) is 13.1. The lowest BCUT2D eigenvalue weighted by Gasteiger charge is -2.44. The summed E-state index contributed by atoms with van der Waals surface area (Å²) in [6.07, 6.45) is 4.80. The third-order valence-corrected chi connectivity index (χ3v) is 5.72. The number of benzene rings is 1. The van der Waals surface area contributed by atoms with Gasteiger partial charge in [0.2, 0.25) is 0 Å². The van der Waals surface area contributed by atoms with Crippen LogP contribution in [0.15, 0.2) is 24.4 Å². The van der Waals surface area contributed by atoms with Gasteiger partial charge in [0.15, 0.2) is 0 Å². The zero-order valence-corrected chi connectivity index (χ0v) is 16.3. The van der Waals surface area contributed by atoms with Crippen molar-refractivity contribution >= 4 is 0 Å². The van der Waals surface area contributed by atoms with Gasteiger partial charge in [0.1, 0.15) is 22.9 Å². The lowest BCUT2D eigenvalue weighted by molar-refractivity contribution is -0.102. The minimum absolute atomic E-state index is 0.248. The molecule has 27 heavy (non-hydrogen) atoms. The van der Waals surface area contributed by atoms with E-state index in [2.05, 4.69) is 16.0 Å². The standard InChI is InChI=1S/C21H27N3O3/c1-15-22-13-16-6-11-27-21(20(16)23-15)7-9-24(10-8-21)14-17-4-5-18(25-2)12-19(17)26-3/h4-5,12-13H,6-11,14H2,1-3H3. The third-order valence-electron chi connectivity index (χ3n) is 5.72. The Balaban J connectivity index is 1.48.